The predicted octanol–water partition coefficient (Wildman–Crippen LogP) is 1.54. The van der Waals surface area contributed by atoms with Gasteiger partial charge >= 0.3 is 0 Å². The molecule has 2 rings (SSSR count). The summed E-state index contributed by atoms with van der Waals surface area (Å²) in [6, 6.07) is 5.68. The molecule has 1 aromatic rings. The lowest BCUT2D eigenvalue weighted by atomic mass is 10.0. The van der Waals surface area contributed by atoms with Crippen LogP contribution in [0.15, 0.2) is 18.2 Å². The van der Waals surface area contributed by atoms with Gasteiger partial charge in [-0.3, -0.25) is 4.79 Å². The highest BCUT2D eigenvalue weighted by molar-refractivity contribution is 5.94. The molecule has 3 heteroatoms. The van der Waals surface area contributed by atoms with Gasteiger partial charge in [0.05, 0.1) is 6.54 Å². The lowest BCUT2D eigenvalue weighted by molar-refractivity contribution is 0.0792. The number of nitrogens with two attached hydrogens (primary N) is 1. The molecule has 1 saturated heterocycles. The zero-order valence-electron chi connectivity index (χ0n) is 10.7. The number of hydrogen-bond acceptors (Lipinski definition) is 2. The Bertz CT molecular complexity index is 505. The van der Waals surface area contributed by atoms with Gasteiger partial charge in [0.15, 0.2) is 0 Å². The molecule has 0 aliphatic carbocycles. The number of aryl methyl sites for hydroxylation is 1. The van der Waals surface area contributed by atoms with Gasteiger partial charge in [0.2, 0.25) is 0 Å². The quantitative estimate of drug-likeness (QED) is 0.759. The molecular formula is C15H18N2O. The van der Waals surface area contributed by atoms with Gasteiger partial charge in [-0.15, -0.1) is 0 Å². The molecule has 2 N–H and O–H groups in total. The van der Waals surface area contributed by atoms with Crippen molar-refractivity contribution in [3.63, 3.8) is 0 Å². The normalized spacial score (nSPS) is 14.2. The number of carbonyl (C=O) groups excluding carboxylic acids is 1. The van der Waals surface area contributed by atoms with Crippen molar-refractivity contribution in [2.24, 2.45) is 5.73 Å². The van der Waals surface area contributed by atoms with E-state index in [1.807, 2.05) is 30.0 Å². The summed E-state index contributed by atoms with van der Waals surface area (Å²) in [5.74, 6) is 5.97. The molecule has 0 atom stereocenters. The fraction of sp³-hybridized carbons (Fsp3) is 0.400. The van der Waals surface area contributed by atoms with E-state index in [1.165, 1.54) is 0 Å². The van der Waals surface area contributed by atoms with Gasteiger partial charge in [-0.25, -0.2) is 0 Å². The Morgan fingerprint density at radius 3 is 2.72 bits per heavy atom. The summed E-state index contributed by atoms with van der Waals surface area (Å²) in [5, 5.41) is 0. The summed E-state index contributed by atoms with van der Waals surface area (Å²) in [7, 11) is 0. The first-order valence-electron chi connectivity index (χ1n) is 6.31. The van der Waals surface area contributed by atoms with Gasteiger partial charge in [0, 0.05) is 24.2 Å². The number of hydrogen-bond donors (Lipinski definition) is 1. The van der Waals surface area contributed by atoms with Crippen molar-refractivity contribution in [1.82, 2.24) is 4.90 Å². The standard InChI is InChI=1S/C15H18N2O/c1-12-11-14(7-6-13(12)5-4-8-16)15(18)17-9-2-3-10-17/h6-7,11H,2-3,8-10,16H2,1H3. The molecule has 0 spiro atoms. The van der Waals surface area contributed by atoms with Crippen molar-refractivity contribution < 1.29 is 4.79 Å². The summed E-state index contributed by atoms with van der Waals surface area (Å²) in [5.41, 5.74) is 8.08. The molecule has 1 aliphatic heterocycles. The molecule has 3 nitrogen and oxygen atoms in total. The summed E-state index contributed by atoms with van der Waals surface area (Å²) in [6.45, 7) is 4.09. The second-order valence-corrected chi connectivity index (χ2v) is 4.53. The molecular weight excluding hydrogens is 224 g/mol. The summed E-state index contributed by atoms with van der Waals surface area (Å²) in [6.07, 6.45) is 2.23. The van der Waals surface area contributed by atoms with Crippen molar-refractivity contribution in [1.29, 1.82) is 0 Å². The number of likely N-dealkylation sites (tertiary alicyclic amines) is 1. The molecule has 1 heterocycles. The van der Waals surface area contributed by atoms with Crippen LogP contribution in [0.2, 0.25) is 0 Å². The second-order valence-electron chi connectivity index (χ2n) is 4.53. The molecule has 0 unspecified atom stereocenters. The number of carbonyl (C=O) groups is 1. The highest BCUT2D eigenvalue weighted by Crippen LogP contribution is 2.15. The number of rotatable bonds is 1. The Hall–Kier alpha value is -1.79. The molecule has 1 aromatic carbocycles. The largest absolute Gasteiger partial charge is 0.339 e. The van der Waals surface area contributed by atoms with Crippen LogP contribution in [-0.2, 0) is 0 Å². The SMILES string of the molecule is Cc1cc(C(=O)N2CCCC2)ccc1C#CCN. The first kappa shape index (κ1) is 12.7. The summed E-state index contributed by atoms with van der Waals surface area (Å²) in [4.78, 5) is 14.1. The smallest absolute Gasteiger partial charge is 0.253 e. The average molecular weight is 242 g/mol. The van der Waals surface area contributed by atoms with Crippen LogP contribution in [0.25, 0.3) is 0 Å². The molecule has 0 radical (unpaired) electrons. The van der Waals surface area contributed by atoms with E-state index in [0.717, 1.165) is 42.6 Å². The number of benzene rings is 1. The Balaban J connectivity index is 2.20. The molecule has 1 fully saturated rings. The molecule has 1 aliphatic rings. The fourth-order valence-corrected chi connectivity index (χ4v) is 2.19. The van der Waals surface area contributed by atoms with Crippen LogP contribution in [0, 0.1) is 18.8 Å². The maximum atomic E-state index is 12.2. The minimum atomic E-state index is 0.133. The maximum absolute atomic E-state index is 12.2. The highest BCUT2D eigenvalue weighted by atomic mass is 16.2. The minimum Gasteiger partial charge on any atom is -0.339 e. The summed E-state index contributed by atoms with van der Waals surface area (Å²) < 4.78 is 0. The molecule has 0 saturated carbocycles. The van der Waals surface area contributed by atoms with E-state index >= 15 is 0 Å². The molecule has 0 bridgehead atoms. The fourth-order valence-electron chi connectivity index (χ4n) is 2.19. The van der Waals surface area contributed by atoms with Crippen LogP contribution in [-0.4, -0.2) is 30.4 Å². The van der Waals surface area contributed by atoms with Crippen LogP contribution < -0.4 is 5.73 Å². The lowest BCUT2D eigenvalue weighted by Gasteiger charge is -2.15. The van der Waals surface area contributed by atoms with Crippen molar-refractivity contribution in [3.8, 4) is 11.8 Å². The Morgan fingerprint density at radius 1 is 1.39 bits per heavy atom. The zero-order chi connectivity index (χ0) is 13.0. The first-order valence-corrected chi connectivity index (χ1v) is 6.31. The van der Waals surface area contributed by atoms with E-state index < -0.39 is 0 Å². The molecule has 0 aromatic heterocycles. The maximum Gasteiger partial charge on any atom is 0.253 e. The Labute approximate surface area is 108 Å². The van der Waals surface area contributed by atoms with Crippen molar-refractivity contribution in [3.05, 3.63) is 34.9 Å². The van der Waals surface area contributed by atoms with E-state index in [9.17, 15) is 4.79 Å². The van der Waals surface area contributed by atoms with E-state index in [4.69, 9.17) is 5.73 Å². The third-order valence-electron chi connectivity index (χ3n) is 3.19. The lowest BCUT2D eigenvalue weighted by Crippen LogP contribution is -2.27. The van der Waals surface area contributed by atoms with E-state index in [2.05, 4.69) is 11.8 Å². The molecule has 18 heavy (non-hydrogen) atoms. The van der Waals surface area contributed by atoms with Gasteiger partial charge in [-0.2, -0.15) is 0 Å². The summed E-state index contributed by atoms with van der Waals surface area (Å²) >= 11 is 0. The molecule has 94 valence electrons. The van der Waals surface area contributed by atoms with E-state index in [-0.39, 0.29) is 5.91 Å². The predicted molar refractivity (Wildman–Crippen MR) is 72.2 cm³/mol. The van der Waals surface area contributed by atoms with Gasteiger partial charge in [0.1, 0.15) is 0 Å². The van der Waals surface area contributed by atoms with Crippen molar-refractivity contribution in [2.75, 3.05) is 19.6 Å². The first-order chi connectivity index (χ1) is 8.72. The Kier molecular flexibility index (Phi) is 4.01. The van der Waals surface area contributed by atoms with Crippen LogP contribution >= 0.6 is 0 Å². The van der Waals surface area contributed by atoms with Crippen molar-refractivity contribution >= 4 is 5.91 Å². The van der Waals surface area contributed by atoms with Crippen LogP contribution in [0.5, 0.6) is 0 Å². The van der Waals surface area contributed by atoms with Gasteiger partial charge in [-0.05, 0) is 43.5 Å². The minimum absolute atomic E-state index is 0.133. The van der Waals surface area contributed by atoms with E-state index in [0.29, 0.717) is 6.54 Å². The van der Waals surface area contributed by atoms with Gasteiger partial charge < -0.3 is 10.6 Å². The third kappa shape index (κ3) is 2.72. The number of nitrogens with zero attached hydrogens (tertiary/aromatic N) is 1. The molecule has 1 amide bonds. The zero-order valence-corrected chi connectivity index (χ0v) is 10.7. The monoisotopic (exact) mass is 242 g/mol. The topological polar surface area (TPSA) is 46.3 Å². The van der Waals surface area contributed by atoms with Crippen LogP contribution in [0.3, 0.4) is 0 Å². The average Bonchev–Trinajstić information content (AvgIpc) is 2.90. The number of amides is 1. The van der Waals surface area contributed by atoms with Crippen LogP contribution in [0.4, 0.5) is 0 Å². The van der Waals surface area contributed by atoms with E-state index in [1.54, 1.807) is 0 Å². The van der Waals surface area contributed by atoms with Crippen molar-refractivity contribution in [2.45, 2.75) is 19.8 Å². The third-order valence-corrected chi connectivity index (χ3v) is 3.19. The van der Waals surface area contributed by atoms with Gasteiger partial charge in [0.25, 0.3) is 5.91 Å². The van der Waals surface area contributed by atoms with Crippen LogP contribution in [0.1, 0.15) is 34.3 Å². The second kappa shape index (κ2) is 5.70. The van der Waals surface area contributed by atoms with Gasteiger partial charge in [-0.1, -0.05) is 11.8 Å². The highest BCUT2D eigenvalue weighted by Gasteiger charge is 2.19. The Morgan fingerprint density at radius 2 is 2.11 bits per heavy atom.